The molecule has 0 radical (unpaired) electrons. The van der Waals surface area contributed by atoms with Crippen molar-refractivity contribution >= 4 is 0 Å². The van der Waals surface area contributed by atoms with Crippen molar-refractivity contribution in [2.24, 2.45) is 46.3 Å². The Hall–Kier alpha value is -0.340. The molecule has 0 spiro atoms. The molecule has 3 saturated carbocycles. The molecule has 9 atom stereocenters. The summed E-state index contributed by atoms with van der Waals surface area (Å²) in [7, 11) is 1.92. The van der Waals surface area contributed by atoms with Gasteiger partial charge in [0.15, 0.2) is 0 Å². The molecule has 0 heterocycles. The van der Waals surface area contributed by atoms with Crippen LogP contribution in [0, 0.1) is 46.3 Å². The zero-order valence-corrected chi connectivity index (χ0v) is 20.6. The lowest BCUT2D eigenvalue weighted by Crippen LogP contribution is -2.55. The summed E-state index contributed by atoms with van der Waals surface area (Å²) >= 11 is 0. The van der Waals surface area contributed by atoms with E-state index >= 15 is 0 Å². The van der Waals surface area contributed by atoms with Crippen LogP contribution in [0.1, 0.15) is 98.8 Å². The Bertz CT molecular complexity index is 639. The fraction of sp³-hybridized carbons (Fsp3) is 0.929. The number of hydrogen-bond donors (Lipinski definition) is 1. The number of ether oxygens (including phenoxy) is 1. The van der Waals surface area contributed by atoms with Gasteiger partial charge >= 0.3 is 0 Å². The first-order chi connectivity index (χ1) is 14.2. The molecular formula is C28H48O2. The molecule has 0 aliphatic heterocycles. The average Bonchev–Trinajstić information content (AvgIpc) is 3.05. The summed E-state index contributed by atoms with van der Waals surface area (Å²) in [5.74, 6) is 4.79. The topological polar surface area (TPSA) is 29.5 Å². The second kappa shape index (κ2) is 8.54. The van der Waals surface area contributed by atoms with Crippen LogP contribution < -0.4 is 0 Å². The van der Waals surface area contributed by atoms with Gasteiger partial charge < -0.3 is 9.84 Å². The van der Waals surface area contributed by atoms with E-state index in [0.717, 1.165) is 48.9 Å². The third kappa shape index (κ3) is 3.72. The van der Waals surface area contributed by atoms with Gasteiger partial charge in [0.05, 0.1) is 12.2 Å². The van der Waals surface area contributed by atoms with Crippen molar-refractivity contribution in [3.05, 3.63) is 11.6 Å². The van der Waals surface area contributed by atoms with Crippen LogP contribution in [0.4, 0.5) is 0 Å². The molecule has 0 saturated heterocycles. The van der Waals surface area contributed by atoms with Gasteiger partial charge in [0.1, 0.15) is 0 Å². The van der Waals surface area contributed by atoms with Gasteiger partial charge in [0.25, 0.3) is 0 Å². The normalized spacial score (nSPS) is 46.7. The van der Waals surface area contributed by atoms with Gasteiger partial charge in [-0.2, -0.15) is 0 Å². The lowest BCUT2D eigenvalue weighted by Gasteiger charge is -2.60. The molecule has 0 unspecified atom stereocenters. The molecule has 0 aromatic rings. The lowest BCUT2D eigenvalue weighted by atomic mass is 9.46. The van der Waals surface area contributed by atoms with E-state index in [4.69, 9.17) is 4.74 Å². The predicted molar refractivity (Wildman–Crippen MR) is 125 cm³/mol. The first-order valence-electron chi connectivity index (χ1n) is 13.1. The minimum atomic E-state index is -0.144. The first-order valence-corrected chi connectivity index (χ1v) is 13.1. The molecule has 4 aliphatic rings. The van der Waals surface area contributed by atoms with Crippen molar-refractivity contribution in [1.82, 2.24) is 0 Å². The van der Waals surface area contributed by atoms with Gasteiger partial charge in [-0.05, 0) is 91.3 Å². The Morgan fingerprint density at radius 3 is 2.50 bits per heavy atom. The predicted octanol–water partition coefficient (Wildman–Crippen LogP) is 7.01. The molecule has 4 rings (SSSR count). The first kappa shape index (κ1) is 22.8. The molecule has 0 aromatic carbocycles. The minimum absolute atomic E-state index is 0.144. The molecule has 4 aliphatic carbocycles. The molecule has 30 heavy (non-hydrogen) atoms. The molecule has 172 valence electrons. The fourth-order valence-corrected chi connectivity index (χ4v) is 8.85. The van der Waals surface area contributed by atoms with Crippen LogP contribution in [-0.4, -0.2) is 24.4 Å². The highest BCUT2D eigenvalue weighted by atomic mass is 16.5. The summed E-state index contributed by atoms with van der Waals surface area (Å²) in [6.45, 7) is 12.5. The van der Waals surface area contributed by atoms with E-state index in [1.165, 1.54) is 50.5 Å². The van der Waals surface area contributed by atoms with Gasteiger partial charge in [-0.15, -0.1) is 0 Å². The maximum atomic E-state index is 10.3. The van der Waals surface area contributed by atoms with Crippen LogP contribution in [0.15, 0.2) is 11.6 Å². The summed E-state index contributed by atoms with van der Waals surface area (Å²) < 4.78 is 6.17. The van der Waals surface area contributed by atoms with E-state index in [-0.39, 0.29) is 12.2 Å². The van der Waals surface area contributed by atoms with E-state index in [1.807, 2.05) is 7.11 Å². The largest absolute Gasteiger partial charge is 0.393 e. The lowest BCUT2D eigenvalue weighted by molar-refractivity contribution is -0.106. The minimum Gasteiger partial charge on any atom is -0.393 e. The molecule has 2 nitrogen and oxygen atoms in total. The highest BCUT2D eigenvalue weighted by Crippen LogP contribution is 2.67. The summed E-state index contributed by atoms with van der Waals surface area (Å²) in [6, 6.07) is 0. The van der Waals surface area contributed by atoms with E-state index < -0.39 is 0 Å². The Kier molecular flexibility index (Phi) is 6.50. The summed E-state index contributed by atoms with van der Waals surface area (Å²) in [5.41, 5.74) is 2.29. The summed E-state index contributed by atoms with van der Waals surface area (Å²) in [5, 5.41) is 10.3. The van der Waals surface area contributed by atoms with Gasteiger partial charge in [0, 0.05) is 7.11 Å². The van der Waals surface area contributed by atoms with Crippen LogP contribution in [0.3, 0.4) is 0 Å². The smallest absolute Gasteiger partial charge is 0.0788 e. The quantitative estimate of drug-likeness (QED) is 0.472. The SMILES string of the molecule is CO[C@H]1C=C2C[C@@H](O)CC[C@]2(C)[C@H]2CC[C@]3(C)[C@@H]([C@@H](C)CCCC(C)C)CC[C@H]3[C@H]12. The zero-order valence-electron chi connectivity index (χ0n) is 20.6. The highest BCUT2D eigenvalue weighted by molar-refractivity contribution is 5.28. The van der Waals surface area contributed by atoms with Crippen LogP contribution >= 0.6 is 0 Å². The number of aliphatic hydroxyl groups excluding tert-OH is 1. The molecular weight excluding hydrogens is 368 g/mol. The number of rotatable bonds is 6. The van der Waals surface area contributed by atoms with Crippen molar-refractivity contribution < 1.29 is 9.84 Å². The van der Waals surface area contributed by atoms with Crippen LogP contribution in [0.2, 0.25) is 0 Å². The number of hydrogen-bond acceptors (Lipinski definition) is 2. The van der Waals surface area contributed by atoms with E-state index in [9.17, 15) is 5.11 Å². The molecule has 3 fully saturated rings. The van der Waals surface area contributed by atoms with Crippen molar-refractivity contribution in [2.45, 2.75) is 111 Å². The fourth-order valence-electron chi connectivity index (χ4n) is 8.85. The van der Waals surface area contributed by atoms with Crippen LogP contribution in [0.5, 0.6) is 0 Å². The Labute approximate surface area is 186 Å². The van der Waals surface area contributed by atoms with E-state index in [2.05, 4.69) is 40.7 Å². The summed E-state index contributed by atoms with van der Waals surface area (Å²) in [6.07, 6.45) is 15.4. The number of fused-ring (bicyclic) bond motifs is 5. The molecule has 1 N–H and O–H groups in total. The van der Waals surface area contributed by atoms with Crippen LogP contribution in [-0.2, 0) is 4.74 Å². The van der Waals surface area contributed by atoms with Gasteiger partial charge in [-0.1, -0.05) is 65.5 Å². The maximum Gasteiger partial charge on any atom is 0.0788 e. The van der Waals surface area contributed by atoms with Crippen molar-refractivity contribution in [1.29, 1.82) is 0 Å². The number of aliphatic hydroxyl groups is 1. The Morgan fingerprint density at radius 2 is 1.80 bits per heavy atom. The zero-order chi connectivity index (χ0) is 21.7. The maximum absolute atomic E-state index is 10.3. The Balaban J connectivity index is 1.56. The standard InChI is InChI=1S/C28H48O2/c1-18(2)8-7-9-19(3)22-10-11-23-26-24(13-15-28(22,23)5)27(4)14-12-21(29)16-20(27)17-25(26)30-6/h17-19,21-26,29H,7-16H2,1-6H3/t19-,21-,22+,23-,24-,25-,26-,27-,28+/m0/s1. The second-order valence-electron chi connectivity index (χ2n) is 12.5. The number of methoxy groups -OCH3 is 1. The highest BCUT2D eigenvalue weighted by Gasteiger charge is 2.61. The third-order valence-corrected chi connectivity index (χ3v) is 10.6. The third-order valence-electron chi connectivity index (χ3n) is 10.6. The van der Waals surface area contributed by atoms with E-state index in [1.54, 1.807) is 0 Å². The Morgan fingerprint density at radius 1 is 1.03 bits per heavy atom. The van der Waals surface area contributed by atoms with Crippen molar-refractivity contribution in [2.75, 3.05) is 7.11 Å². The monoisotopic (exact) mass is 416 g/mol. The molecule has 0 amide bonds. The molecule has 0 aromatic heterocycles. The molecule has 0 bridgehead atoms. The van der Waals surface area contributed by atoms with Gasteiger partial charge in [0.2, 0.25) is 0 Å². The summed E-state index contributed by atoms with van der Waals surface area (Å²) in [4.78, 5) is 0. The van der Waals surface area contributed by atoms with Crippen molar-refractivity contribution in [3.63, 3.8) is 0 Å². The van der Waals surface area contributed by atoms with E-state index in [0.29, 0.717) is 16.7 Å². The average molecular weight is 417 g/mol. The van der Waals surface area contributed by atoms with Crippen molar-refractivity contribution in [3.8, 4) is 0 Å². The van der Waals surface area contributed by atoms with Gasteiger partial charge in [-0.25, -0.2) is 0 Å². The van der Waals surface area contributed by atoms with Crippen LogP contribution in [0.25, 0.3) is 0 Å². The van der Waals surface area contributed by atoms with Gasteiger partial charge in [-0.3, -0.25) is 0 Å². The second-order valence-corrected chi connectivity index (χ2v) is 12.5. The molecule has 2 heteroatoms.